The summed E-state index contributed by atoms with van der Waals surface area (Å²) in [6.07, 6.45) is 1.54. The Morgan fingerprint density at radius 1 is 1.18 bits per heavy atom. The highest BCUT2D eigenvalue weighted by Gasteiger charge is 2.08. The number of phenolic OH excluding ortho intramolecular Hbond substituents is 1. The fraction of sp³-hybridized carbons (Fsp3) is 0.0714. The van der Waals surface area contributed by atoms with E-state index in [1.165, 1.54) is 13.3 Å². The summed E-state index contributed by atoms with van der Waals surface area (Å²) in [4.78, 5) is 0. The standard InChI is InChI=1S/C14H10BrCl3N2O2/c1-22-12-3-7(2-9(15)14(12)21)6-19-20-13-10(17)4-8(16)5-11(13)18/h2-6,20-21H,1H3/b19-6-. The van der Waals surface area contributed by atoms with E-state index in [-0.39, 0.29) is 5.75 Å². The Bertz CT molecular complexity index is 715. The smallest absolute Gasteiger partial charge is 0.172 e. The molecular formula is C14H10BrCl3N2O2. The maximum Gasteiger partial charge on any atom is 0.172 e. The van der Waals surface area contributed by atoms with Crippen molar-refractivity contribution in [2.45, 2.75) is 0 Å². The van der Waals surface area contributed by atoms with Crippen LogP contribution < -0.4 is 10.2 Å². The molecular weight excluding hydrogens is 414 g/mol. The Kier molecular flexibility index (Phi) is 5.81. The zero-order chi connectivity index (χ0) is 16.3. The van der Waals surface area contributed by atoms with Crippen LogP contribution in [0.4, 0.5) is 5.69 Å². The van der Waals surface area contributed by atoms with E-state index in [1.54, 1.807) is 24.3 Å². The molecule has 0 atom stereocenters. The molecule has 22 heavy (non-hydrogen) atoms. The first-order valence-electron chi connectivity index (χ1n) is 5.92. The lowest BCUT2D eigenvalue weighted by Gasteiger charge is -2.08. The predicted molar refractivity (Wildman–Crippen MR) is 95.0 cm³/mol. The highest BCUT2D eigenvalue weighted by atomic mass is 79.9. The van der Waals surface area contributed by atoms with Crippen molar-refractivity contribution in [3.63, 3.8) is 0 Å². The number of nitrogens with zero attached hydrogens (tertiary/aromatic N) is 1. The average Bonchev–Trinajstić information content (AvgIpc) is 2.45. The van der Waals surface area contributed by atoms with Gasteiger partial charge in [-0.05, 0) is 45.8 Å². The molecule has 0 spiro atoms. The van der Waals surface area contributed by atoms with E-state index in [4.69, 9.17) is 39.5 Å². The van der Waals surface area contributed by atoms with Gasteiger partial charge in [0.05, 0.1) is 33.5 Å². The van der Waals surface area contributed by atoms with Gasteiger partial charge in [-0.2, -0.15) is 5.10 Å². The molecule has 2 rings (SSSR count). The van der Waals surface area contributed by atoms with Crippen molar-refractivity contribution >= 4 is 62.6 Å². The molecule has 0 aromatic heterocycles. The van der Waals surface area contributed by atoms with Crippen LogP contribution in [0.5, 0.6) is 11.5 Å². The van der Waals surface area contributed by atoms with Crippen LogP contribution in [-0.4, -0.2) is 18.4 Å². The van der Waals surface area contributed by atoms with E-state index in [2.05, 4.69) is 26.5 Å². The highest BCUT2D eigenvalue weighted by Crippen LogP contribution is 2.35. The lowest BCUT2D eigenvalue weighted by molar-refractivity contribution is 0.372. The molecule has 2 N–H and O–H groups in total. The molecule has 0 unspecified atom stereocenters. The van der Waals surface area contributed by atoms with Gasteiger partial charge in [-0.15, -0.1) is 0 Å². The number of hydrazone groups is 1. The lowest BCUT2D eigenvalue weighted by atomic mass is 10.2. The van der Waals surface area contributed by atoms with Gasteiger partial charge in [0.15, 0.2) is 11.5 Å². The molecule has 0 saturated carbocycles. The van der Waals surface area contributed by atoms with E-state index in [1.807, 2.05) is 0 Å². The summed E-state index contributed by atoms with van der Waals surface area (Å²) in [7, 11) is 1.47. The second-order valence-corrected chi connectivity index (χ2v) is 6.27. The number of aromatic hydroxyl groups is 1. The fourth-order valence-corrected chi connectivity index (χ4v) is 3.01. The number of methoxy groups -OCH3 is 1. The third-order valence-corrected chi connectivity index (χ3v) is 4.09. The molecule has 0 heterocycles. The number of anilines is 1. The topological polar surface area (TPSA) is 53.8 Å². The van der Waals surface area contributed by atoms with Gasteiger partial charge < -0.3 is 9.84 Å². The van der Waals surface area contributed by atoms with E-state index < -0.39 is 0 Å². The molecule has 0 aliphatic carbocycles. The van der Waals surface area contributed by atoms with Crippen molar-refractivity contribution in [2.75, 3.05) is 12.5 Å². The van der Waals surface area contributed by atoms with Crippen LogP contribution in [-0.2, 0) is 0 Å². The minimum Gasteiger partial charge on any atom is -0.503 e. The summed E-state index contributed by atoms with van der Waals surface area (Å²) in [5, 5.41) is 15.0. The van der Waals surface area contributed by atoms with Crippen LogP contribution in [0.1, 0.15) is 5.56 Å². The van der Waals surface area contributed by atoms with Crippen molar-refractivity contribution in [1.29, 1.82) is 0 Å². The molecule has 0 radical (unpaired) electrons. The van der Waals surface area contributed by atoms with Crippen LogP contribution >= 0.6 is 50.7 Å². The van der Waals surface area contributed by atoms with Crippen LogP contribution in [0, 0.1) is 0 Å². The first-order valence-corrected chi connectivity index (χ1v) is 7.85. The number of phenols is 1. The molecule has 0 aliphatic rings. The maximum atomic E-state index is 9.74. The van der Waals surface area contributed by atoms with E-state index in [9.17, 15) is 5.11 Å². The van der Waals surface area contributed by atoms with Crippen molar-refractivity contribution in [3.8, 4) is 11.5 Å². The first-order chi connectivity index (χ1) is 10.4. The minimum absolute atomic E-state index is 0.0244. The van der Waals surface area contributed by atoms with Gasteiger partial charge in [-0.25, -0.2) is 0 Å². The monoisotopic (exact) mass is 422 g/mol. The van der Waals surface area contributed by atoms with E-state index in [0.29, 0.717) is 36.5 Å². The largest absolute Gasteiger partial charge is 0.503 e. The Morgan fingerprint density at radius 3 is 2.41 bits per heavy atom. The SMILES string of the molecule is COc1cc(/C=N\Nc2c(Cl)cc(Cl)cc2Cl)cc(Br)c1O. The van der Waals surface area contributed by atoms with Gasteiger partial charge in [-0.1, -0.05) is 34.8 Å². The fourth-order valence-electron chi connectivity index (χ4n) is 1.64. The van der Waals surface area contributed by atoms with Crippen molar-refractivity contribution in [1.82, 2.24) is 0 Å². The molecule has 2 aromatic carbocycles. The Hall–Kier alpha value is -1.14. The summed E-state index contributed by atoms with van der Waals surface area (Å²) in [6.45, 7) is 0. The third-order valence-electron chi connectivity index (χ3n) is 2.67. The Labute approximate surface area is 150 Å². The summed E-state index contributed by atoms with van der Waals surface area (Å²) in [6, 6.07) is 6.45. The number of halogens is 4. The van der Waals surface area contributed by atoms with Crippen molar-refractivity contribution in [3.05, 3.63) is 49.4 Å². The van der Waals surface area contributed by atoms with Crippen LogP contribution in [0.2, 0.25) is 15.1 Å². The number of benzene rings is 2. The zero-order valence-electron chi connectivity index (χ0n) is 11.2. The van der Waals surface area contributed by atoms with Gasteiger partial charge in [0.2, 0.25) is 0 Å². The zero-order valence-corrected chi connectivity index (χ0v) is 15.1. The number of nitrogens with one attached hydrogen (secondary N) is 1. The molecule has 0 saturated heterocycles. The number of hydrogen-bond donors (Lipinski definition) is 2. The van der Waals surface area contributed by atoms with Gasteiger partial charge in [0.1, 0.15) is 0 Å². The molecule has 0 fully saturated rings. The highest BCUT2D eigenvalue weighted by molar-refractivity contribution is 9.10. The molecule has 0 bridgehead atoms. The lowest BCUT2D eigenvalue weighted by Crippen LogP contribution is -1.94. The van der Waals surface area contributed by atoms with Gasteiger partial charge in [0, 0.05) is 5.02 Å². The van der Waals surface area contributed by atoms with E-state index in [0.717, 1.165) is 0 Å². The maximum absolute atomic E-state index is 9.74. The first kappa shape index (κ1) is 17.2. The molecule has 0 amide bonds. The summed E-state index contributed by atoms with van der Waals surface area (Å²) >= 11 is 21.2. The second kappa shape index (κ2) is 7.42. The second-order valence-electron chi connectivity index (χ2n) is 4.17. The van der Waals surface area contributed by atoms with Crippen LogP contribution in [0.15, 0.2) is 33.8 Å². The quantitative estimate of drug-likeness (QED) is 0.498. The Balaban J connectivity index is 2.22. The number of hydrogen-bond acceptors (Lipinski definition) is 4. The summed E-state index contributed by atoms with van der Waals surface area (Å²) in [5.74, 6) is 0.356. The van der Waals surface area contributed by atoms with Crippen molar-refractivity contribution < 1.29 is 9.84 Å². The predicted octanol–water partition coefficient (Wildman–Crippen LogP) is 5.57. The minimum atomic E-state index is 0.0244. The molecule has 0 aliphatic heterocycles. The molecule has 2 aromatic rings. The van der Waals surface area contributed by atoms with Crippen molar-refractivity contribution in [2.24, 2.45) is 5.10 Å². The van der Waals surface area contributed by atoms with Gasteiger partial charge in [0.25, 0.3) is 0 Å². The van der Waals surface area contributed by atoms with E-state index >= 15 is 0 Å². The Morgan fingerprint density at radius 2 is 1.82 bits per heavy atom. The van der Waals surface area contributed by atoms with Gasteiger partial charge in [-0.3, -0.25) is 5.43 Å². The third kappa shape index (κ3) is 3.98. The number of ether oxygens (including phenoxy) is 1. The molecule has 8 heteroatoms. The van der Waals surface area contributed by atoms with Gasteiger partial charge >= 0.3 is 0 Å². The normalized spacial score (nSPS) is 11.0. The summed E-state index contributed by atoms with van der Waals surface area (Å²) in [5.41, 5.74) is 3.91. The number of rotatable bonds is 4. The average molecular weight is 425 g/mol. The molecule has 4 nitrogen and oxygen atoms in total. The summed E-state index contributed by atoms with van der Waals surface area (Å²) < 4.78 is 5.56. The molecule has 116 valence electrons. The van der Waals surface area contributed by atoms with Crippen LogP contribution in [0.3, 0.4) is 0 Å². The van der Waals surface area contributed by atoms with Crippen LogP contribution in [0.25, 0.3) is 0 Å².